The molecule has 106 valence electrons. The SMILES string of the molecule is CC(C)Nc1cc(SCc2ccc(Cl)c(Cl)c2)ncn1. The van der Waals surface area contributed by atoms with Crippen molar-refractivity contribution in [2.45, 2.75) is 30.7 Å². The smallest absolute Gasteiger partial charge is 0.130 e. The predicted octanol–water partition coefficient (Wildman–Crippen LogP) is 4.90. The first-order valence-electron chi connectivity index (χ1n) is 6.20. The number of anilines is 1. The fraction of sp³-hybridized carbons (Fsp3) is 0.286. The van der Waals surface area contributed by atoms with E-state index in [4.69, 9.17) is 23.2 Å². The molecule has 0 bridgehead atoms. The second kappa shape index (κ2) is 7.16. The van der Waals surface area contributed by atoms with Crippen molar-refractivity contribution in [2.24, 2.45) is 0 Å². The number of halogens is 2. The van der Waals surface area contributed by atoms with Crippen molar-refractivity contribution in [3.8, 4) is 0 Å². The van der Waals surface area contributed by atoms with Crippen molar-refractivity contribution < 1.29 is 0 Å². The molecular formula is C14H15Cl2N3S. The Morgan fingerprint density at radius 1 is 1.15 bits per heavy atom. The molecule has 0 fully saturated rings. The van der Waals surface area contributed by atoms with Gasteiger partial charge in [-0.25, -0.2) is 9.97 Å². The van der Waals surface area contributed by atoms with Crippen molar-refractivity contribution in [3.63, 3.8) is 0 Å². The molecule has 2 aromatic rings. The highest BCUT2D eigenvalue weighted by Gasteiger charge is 2.04. The van der Waals surface area contributed by atoms with Gasteiger partial charge in [0.15, 0.2) is 0 Å². The van der Waals surface area contributed by atoms with Crippen LogP contribution in [0.4, 0.5) is 5.82 Å². The van der Waals surface area contributed by atoms with E-state index in [0.29, 0.717) is 16.1 Å². The van der Waals surface area contributed by atoms with Crippen molar-refractivity contribution in [1.29, 1.82) is 0 Å². The average molecular weight is 328 g/mol. The molecule has 0 saturated heterocycles. The van der Waals surface area contributed by atoms with Crippen LogP contribution in [-0.4, -0.2) is 16.0 Å². The van der Waals surface area contributed by atoms with Crippen LogP contribution in [-0.2, 0) is 5.75 Å². The summed E-state index contributed by atoms with van der Waals surface area (Å²) >= 11 is 13.5. The van der Waals surface area contributed by atoms with Gasteiger partial charge in [-0.1, -0.05) is 29.3 Å². The number of nitrogens with zero attached hydrogens (tertiary/aromatic N) is 2. The van der Waals surface area contributed by atoms with Crippen LogP contribution in [0.25, 0.3) is 0 Å². The minimum Gasteiger partial charge on any atom is -0.368 e. The van der Waals surface area contributed by atoms with Gasteiger partial charge >= 0.3 is 0 Å². The minimum absolute atomic E-state index is 0.345. The maximum Gasteiger partial charge on any atom is 0.130 e. The average Bonchev–Trinajstić information content (AvgIpc) is 2.40. The third kappa shape index (κ3) is 4.54. The fourth-order valence-corrected chi connectivity index (χ4v) is 2.71. The van der Waals surface area contributed by atoms with E-state index in [0.717, 1.165) is 22.2 Å². The highest BCUT2D eigenvalue weighted by atomic mass is 35.5. The van der Waals surface area contributed by atoms with Crippen LogP contribution >= 0.6 is 35.0 Å². The second-order valence-electron chi connectivity index (χ2n) is 4.58. The summed E-state index contributed by atoms with van der Waals surface area (Å²) in [5.41, 5.74) is 1.11. The summed E-state index contributed by atoms with van der Waals surface area (Å²) in [7, 11) is 0. The molecular weight excluding hydrogens is 313 g/mol. The van der Waals surface area contributed by atoms with Crippen LogP contribution in [0.15, 0.2) is 35.6 Å². The van der Waals surface area contributed by atoms with E-state index in [9.17, 15) is 0 Å². The van der Waals surface area contributed by atoms with Gasteiger partial charge in [-0.2, -0.15) is 0 Å². The summed E-state index contributed by atoms with van der Waals surface area (Å²) < 4.78 is 0. The van der Waals surface area contributed by atoms with Crippen molar-refractivity contribution in [3.05, 3.63) is 46.2 Å². The number of hydrogen-bond acceptors (Lipinski definition) is 4. The summed E-state index contributed by atoms with van der Waals surface area (Å²) in [4.78, 5) is 8.44. The summed E-state index contributed by atoms with van der Waals surface area (Å²) in [5, 5.41) is 5.34. The Morgan fingerprint density at radius 3 is 2.65 bits per heavy atom. The van der Waals surface area contributed by atoms with Crippen LogP contribution in [0, 0.1) is 0 Å². The molecule has 0 radical (unpaired) electrons. The molecule has 1 heterocycles. The highest BCUT2D eigenvalue weighted by Crippen LogP contribution is 2.27. The first-order chi connectivity index (χ1) is 9.54. The van der Waals surface area contributed by atoms with Gasteiger partial charge in [-0.15, -0.1) is 11.8 Å². The summed E-state index contributed by atoms with van der Waals surface area (Å²) in [6, 6.07) is 7.95. The molecule has 3 nitrogen and oxygen atoms in total. The van der Waals surface area contributed by atoms with Gasteiger partial charge in [0, 0.05) is 17.9 Å². The molecule has 0 aliphatic rings. The molecule has 1 aromatic heterocycles. The first kappa shape index (κ1) is 15.4. The lowest BCUT2D eigenvalue weighted by atomic mass is 10.2. The maximum absolute atomic E-state index is 6.00. The number of thioether (sulfide) groups is 1. The zero-order chi connectivity index (χ0) is 14.5. The van der Waals surface area contributed by atoms with Crippen molar-refractivity contribution in [1.82, 2.24) is 9.97 Å². The van der Waals surface area contributed by atoms with Crippen LogP contribution in [0.2, 0.25) is 10.0 Å². The Hall–Kier alpha value is -0.970. The van der Waals surface area contributed by atoms with Gasteiger partial charge in [0.25, 0.3) is 0 Å². The van der Waals surface area contributed by atoms with E-state index in [1.54, 1.807) is 18.1 Å². The molecule has 0 spiro atoms. The number of hydrogen-bond donors (Lipinski definition) is 1. The van der Waals surface area contributed by atoms with E-state index in [1.165, 1.54) is 0 Å². The van der Waals surface area contributed by atoms with E-state index in [2.05, 4.69) is 29.1 Å². The summed E-state index contributed by atoms with van der Waals surface area (Å²) in [5.74, 6) is 1.63. The predicted molar refractivity (Wildman–Crippen MR) is 86.8 cm³/mol. The molecule has 0 aliphatic carbocycles. The highest BCUT2D eigenvalue weighted by molar-refractivity contribution is 7.98. The van der Waals surface area contributed by atoms with E-state index < -0.39 is 0 Å². The molecule has 0 amide bonds. The number of nitrogens with one attached hydrogen (secondary N) is 1. The molecule has 0 aliphatic heterocycles. The standard InChI is InChI=1S/C14H15Cl2N3S/c1-9(2)19-13-6-14(18-8-17-13)20-7-10-3-4-11(15)12(16)5-10/h3-6,8-9H,7H2,1-2H3,(H,17,18,19). The largest absolute Gasteiger partial charge is 0.368 e. The maximum atomic E-state index is 6.00. The molecule has 20 heavy (non-hydrogen) atoms. The quantitative estimate of drug-likeness (QED) is 0.626. The Balaban J connectivity index is 2.01. The van der Waals surface area contributed by atoms with Gasteiger partial charge in [0.1, 0.15) is 17.2 Å². The van der Waals surface area contributed by atoms with Crippen LogP contribution < -0.4 is 5.32 Å². The molecule has 0 unspecified atom stereocenters. The van der Waals surface area contributed by atoms with Gasteiger partial charge in [-0.3, -0.25) is 0 Å². The minimum atomic E-state index is 0.345. The fourth-order valence-electron chi connectivity index (χ4n) is 1.58. The first-order valence-corrected chi connectivity index (χ1v) is 7.94. The van der Waals surface area contributed by atoms with Crippen LogP contribution in [0.1, 0.15) is 19.4 Å². The number of rotatable bonds is 5. The van der Waals surface area contributed by atoms with Gasteiger partial charge in [-0.05, 0) is 31.5 Å². The van der Waals surface area contributed by atoms with Crippen LogP contribution in [0.3, 0.4) is 0 Å². The lowest BCUT2D eigenvalue weighted by Crippen LogP contribution is -2.11. The molecule has 6 heteroatoms. The van der Waals surface area contributed by atoms with Crippen molar-refractivity contribution >= 4 is 40.8 Å². The number of aromatic nitrogens is 2. The third-order valence-corrected chi connectivity index (χ3v) is 4.19. The zero-order valence-electron chi connectivity index (χ0n) is 11.2. The summed E-state index contributed by atoms with van der Waals surface area (Å²) in [6.45, 7) is 4.15. The normalized spacial score (nSPS) is 10.8. The number of benzene rings is 1. The monoisotopic (exact) mass is 327 g/mol. The Labute approximate surface area is 133 Å². The van der Waals surface area contributed by atoms with Gasteiger partial charge in [0.2, 0.25) is 0 Å². The molecule has 0 atom stereocenters. The Kier molecular flexibility index (Phi) is 5.52. The van der Waals surface area contributed by atoms with Gasteiger partial charge in [0.05, 0.1) is 10.0 Å². The topological polar surface area (TPSA) is 37.8 Å². The Morgan fingerprint density at radius 2 is 1.95 bits per heavy atom. The Bertz CT molecular complexity index is 590. The molecule has 0 saturated carbocycles. The molecule has 1 N–H and O–H groups in total. The van der Waals surface area contributed by atoms with E-state index in [-0.39, 0.29) is 0 Å². The van der Waals surface area contributed by atoms with Gasteiger partial charge < -0.3 is 5.32 Å². The second-order valence-corrected chi connectivity index (χ2v) is 6.39. The van der Waals surface area contributed by atoms with Crippen molar-refractivity contribution in [2.75, 3.05) is 5.32 Å². The summed E-state index contributed by atoms with van der Waals surface area (Å²) in [6.07, 6.45) is 1.57. The lowest BCUT2D eigenvalue weighted by Gasteiger charge is -2.09. The van der Waals surface area contributed by atoms with Crippen LogP contribution in [0.5, 0.6) is 0 Å². The van der Waals surface area contributed by atoms with E-state index in [1.807, 2.05) is 24.3 Å². The lowest BCUT2D eigenvalue weighted by molar-refractivity contribution is 0.880. The zero-order valence-corrected chi connectivity index (χ0v) is 13.6. The third-order valence-electron chi connectivity index (χ3n) is 2.45. The molecule has 1 aromatic carbocycles. The molecule has 2 rings (SSSR count). The van der Waals surface area contributed by atoms with E-state index >= 15 is 0 Å².